The third-order valence-corrected chi connectivity index (χ3v) is 4.84. The van der Waals surface area contributed by atoms with Gasteiger partial charge in [0.05, 0.1) is 24.4 Å². The lowest BCUT2D eigenvalue weighted by molar-refractivity contribution is 0.00578. The van der Waals surface area contributed by atoms with Crippen molar-refractivity contribution >= 4 is 24.3 Å². The Kier molecular flexibility index (Phi) is 4.24. The van der Waals surface area contributed by atoms with E-state index in [0.717, 1.165) is 24.4 Å². The minimum Gasteiger partial charge on any atom is -0.399 e. The average molecular weight is 320 g/mol. The van der Waals surface area contributed by atoms with Gasteiger partial charge in [-0.15, -0.1) is 0 Å². The number of morpholine rings is 1. The zero-order chi connectivity index (χ0) is 16.7. The Balaban J connectivity index is 1.86. The zero-order valence-corrected chi connectivity index (χ0v) is 14.5. The number of aromatic nitrogens is 2. The molecule has 0 radical (unpaired) electrons. The number of anilines is 2. The number of nitrogens with one attached hydrogen (secondary N) is 1. The number of nitrogens with zero attached hydrogens (tertiary/aromatic N) is 3. The predicted octanol–water partition coefficient (Wildman–Crippen LogP) is 0.654. The van der Waals surface area contributed by atoms with Crippen LogP contribution in [-0.2, 0) is 14.0 Å². The van der Waals surface area contributed by atoms with Crippen molar-refractivity contribution in [3.05, 3.63) is 6.20 Å². The van der Waals surface area contributed by atoms with E-state index in [9.17, 15) is 0 Å². The highest BCUT2D eigenvalue weighted by molar-refractivity contribution is 6.63. The fraction of sp³-hybridized carbons (Fsp3) is 0.733. The lowest BCUT2D eigenvalue weighted by Crippen LogP contribution is -2.41. The highest BCUT2D eigenvalue weighted by Crippen LogP contribution is 2.36. The highest BCUT2D eigenvalue weighted by Gasteiger charge is 2.52. The van der Waals surface area contributed by atoms with Gasteiger partial charge in [-0.3, -0.25) is 0 Å². The molecule has 0 bridgehead atoms. The van der Waals surface area contributed by atoms with Gasteiger partial charge in [0, 0.05) is 31.8 Å². The molecule has 2 aliphatic rings. The van der Waals surface area contributed by atoms with E-state index in [4.69, 9.17) is 14.0 Å². The van der Waals surface area contributed by atoms with Crippen LogP contribution in [0.5, 0.6) is 0 Å². The molecule has 1 aromatic rings. The standard InChI is InChI=1S/C15H25BN4O3/c1-14(2)15(3,4)23-16(22-14)11-10-18-13(19-12(11)17-5)20-6-8-21-9-7-20/h10H,6-9H2,1-5H3,(H,17,18,19). The van der Waals surface area contributed by atoms with Crippen LogP contribution in [0.3, 0.4) is 0 Å². The third-order valence-electron chi connectivity index (χ3n) is 4.84. The number of ether oxygens (including phenoxy) is 1. The van der Waals surface area contributed by atoms with Crippen molar-refractivity contribution in [2.75, 3.05) is 43.6 Å². The summed E-state index contributed by atoms with van der Waals surface area (Å²) in [6, 6.07) is 0. The molecular weight excluding hydrogens is 295 g/mol. The van der Waals surface area contributed by atoms with Crippen LogP contribution in [0, 0.1) is 0 Å². The molecule has 2 fully saturated rings. The average Bonchev–Trinajstić information content (AvgIpc) is 2.75. The van der Waals surface area contributed by atoms with E-state index < -0.39 is 7.12 Å². The monoisotopic (exact) mass is 320 g/mol. The summed E-state index contributed by atoms with van der Waals surface area (Å²) in [6.07, 6.45) is 1.80. The van der Waals surface area contributed by atoms with Crippen molar-refractivity contribution in [1.82, 2.24) is 9.97 Å². The summed E-state index contributed by atoms with van der Waals surface area (Å²) in [4.78, 5) is 11.3. The van der Waals surface area contributed by atoms with Gasteiger partial charge in [-0.25, -0.2) is 4.98 Å². The molecule has 3 rings (SSSR count). The van der Waals surface area contributed by atoms with Gasteiger partial charge in [0.15, 0.2) is 0 Å². The van der Waals surface area contributed by atoms with Gasteiger partial charge in [-0.2, -0.15) is 4.98 Å². The van der Waals surface area contributed by atoms with E-state index in [0.29, 0.717) is 19.2 Å². The Morgan fingerprint density at radius 3 is 2.30 bits per heavy atom. The molecule has 2 saturated heterocycles. The zero-order valence-electron chi connectivity index (χ0n) is 14.5. The maximum atomic E-state index is 6.10. The fourth-order valence-corrected chi connectivity index (χ4v) is 2.64. The lowest BCUT2D eigenvalue weighted by Gasteiger charge is -2.32. The van der Waals surface area contributed by atoms with Crippen molar-refractivity contribution < 1.29 is 14.0 Å². The van der Waals surface area contributed by atoms with Crippen molar-refractivity contribution in [3.63, 3.8) is 0 Å². The predicted molar refractivity (Wildman–Crippen MR) is 90.3 cm³/mol. The van der Waals surface area contributed by atoms with Crippen LogP contribution in [0.2, 0.25) is 0 Å². The molecule has 0 unspecified atom stereocenters. The molecule has 3 heterocycles. The van der Waals surface area contributed by atoms with E-state index in [2.05, 4.69) is 20.2 Å². The topological polar surface area (TPSA) is 68.7 Å². The van der Waals surface area contributed by atoms with Gasteiger partial charge in [0.25, 0.3) is 0 Å². The summed E-state index contributed by atoms with van der Waals surface area (Å²) in [5.41, 5.74) is 0.0556. The SMILES string of the molecule is CNc1nc(N2CCOCC2)ncc1B1OC(C)(C)C(C)(C)O1. The molecule has 0 atom stereocenters. The van der Waals surface area contributed by atoms with E-state index >= 15 is 0 Å². The molecule has 8 heteroatoms. The highest BCUT2D eigenvalue weighted by atomic mass is 16.7. The van der Waals surface area contributed by atoms with Gasteiger partial charge >= 0.3 is 7.12 Å². The molecule has 2 aliphatic heterocycles. The van der Waals surface area contributed by atoms with Gasteiger partial charge in [-0.05, 0) is 27.7 Å². The number of rotatable bonds is 3. The summed E-state index contributed by atoms with van der Waals surface area (Å²) in [5.74, 6) is 1.44. The summed E-state index contributed by atoms with van der Waals surface area (Å²) < 4.78 is 17.6. The smallest absolute Gasteiger partial charge is 0.399 e. The maximum Gasteiger partial charge on any atom is 0.500 e. The Bertz CT molecular complexity index is 560. The first kappa shape index (κ1) is 16.5. The van der Waals surface area contributed by atoms with Crippen molar-refractivity contribution in [2.24, 2.45) is 0 Å². The minimum atomic E-state index is -0.471. The van der Waals surface area contributed by atoms with E-state index in [-0.39, 0.29) is 11.2 Å². The van der Waals surface area contributed by atoms with Crippen molar-refractivity contribution in [3.8, 4) is 0 Å². The summed E-state index contributed by atoms with van der Waals surface area (Å²) in [7, 11) is 1.38. The molecule has 0 amide bonds. The Labute approximate surface area is 137 Å². The Hall–Kier alpha value is -1.38. The van der Waals surface area contributed by atoms with Crippen LogP contribution < -0.4 is 15.7 Å². The molecule has 0 aromatic carbocycles. The second kappa shape index (κ2) is 5.92. The van der Waals surface area contributed by atoms with Crippen LogP contribution in [0.25, 0.3) is 0 Å². The maximum absolute atomic E-state index is 6.10. The number of hydrogen-bond acceptors (Lipinski definition) is 7. The van der Waals surface area contributed by atoms with E-state index in [1.807, 2.05) is 34.7 Å². The quantitative estimate of drug-likeness (QED) is 0.820. The van der Waals surface area contributed by atoms with Gasteiger partial charge in [-0.1, -0.05) is 0 Å². The lowest BCUT2D eigenvalue weighted by atomic mass is 9.80. The first-order valence-electron chi connectivity index (χ1n) is 8.07. The van der Waals surface area contributed by atoms with Crippen LogP contribution in [-0.4, -0.2) is 61.6 Å². The van der Waals surface area contributed by atoms with Crippen LogP contribution >= 0.6 is 0 Å². The molecule has 1 aromatic heterocycles. The third kappa shape index (κ3) is 3.03. The van der Waals surface area contributed by atoms with Gasteiger partial charge < -0.3 is 24.3 Å². The summed E-state index contributed by atoms with van der Waals surface area (Å²) in [6.45, 7) is 11.2. The molecule has 0 saturated carbocycles. The second-order valence-electron chi connectivity index (χ2n) is 6.91. The first-order valence-corrected chi connectivity index (χ1v) is 8.07. The van der Waals surface area contributed by atoms with Crippen LogP contribution in [0.1, 0.15) is 27.7 Å². The Morgan fingerprint density at radius 2 is 1.74 bits per heavy atom. The molecule has 0 aliphatic carbocycles. The Morgan fingerprint density at radius 1 is 1.13 bits per heavy atom. The second-order valence-corrected chi connectivity index (χ2v) is 6.91. The van der Waals surface area contributed by atoms with Crippen molar-refractivity contribution in [2.45, 2.75) is 38.9 Å². The summed E-state index contributed by atoms with van der Waals surface area (Å²) in [5, 5.41) is 3.14. The molecule has 0 spiro atoms. The van der Waals surface area contributed by atoms with E-state index in [1.54, 1.807) is 6.20 Å². The molecule has 23 heavy (non-hydrogen) atoms. The fourth-order valence-electron chi connectivity index (χ4n) is 2.64. The number of hydrogen-bond donors (Lipinski definition) is 1. The van der Waals surface area contributed by atoms with Gasteiger partial charge in [0.1, 0.15) is 5.82 Å². The van der Waals surface area contributed by atoms with Crippen LogP contribution in [0.15, 0.2) is 6.20 Å². The normalized spacial score (nSPS) is 23.2. The minimum absolute atomic E-state index is 0.383. The van der Waals surface area contributed by atoms with E-state index in [1.165, 1.54) is 0 Å². The first-order chi connectivity index (χ1) is 10.8. The van der Waals surface area contributed by atoms with Gasteiger partial charge in [0.2, 0.25) is 5.95 Å². The summed E-state index contributed by atoms with van der Waals surface area (Å²) >= 11 is 0. The largest absolute Gasteiger partial charge is 0.500 e. The molecule has 1 N–H and O–H groups in total. The van der Waals surface area contributed by atoms with Crippen molar-refractivity contribution in [1.29, 1.82) is 0 Å². The van der Waals surface area contributed by atoms with Crippen LogP contribution in [0.4, 0.5) is 11.8 Å². The molecule has 7 nitrogen and oxygen atoms in total. The molecular formula is C15H25BN4O3. The molecule has 126 valence electrons.